The topological polar surface area (TPSA) is 63.4 Å². The molecule has 0 N–H and O–H groups in total. The van der Waals surface area contributed by atoms with Gasteiger partial charge in [0.1, 0.15) is 11.6 Å². The van der Waals surface area contributed by atoms with Crippen molar-refractivity contribution in [1.82, 2.24) is 19.6 Å². The Morgan fingerprint density at radius 1 is 1.03 bits per heavy atom. The first-order chi connectivity index (χ1) is 14.9. The molecule has 0 aliphatic carbocycles. The molecule has 0 spiro atoms. The lowest BCUT2D eigenvalue weighted by Gasteiger charge is -2.31. The van der Waals surface area contributed by atoms with Crippen LogP contribution in [0.4, 0.5) is 14.6 Å². The Morgan fingerprint density at radius 2 is 1.87 bits per heavy atom. The Morgan fingerprint density at radius 3 is 2.71 bits per heavy atom. The summed E-state index contributed by atoms with van der Waals surface area (Å²) >= 11 is 0. The van der Waals surface area contributed by atoms with Crippen molar-refractivity contribution in [2.24, 2.45) is 0 Å². The predicted octanol–water partition coefficient (Wildman–Crippen LogP) is 3.61. The maximum Gasteiger partial charge on any atom is 0.274 e. The summed E-state index contributed by atoms with van der Waals surface area (Å²) in [4.78, 5) is 23.2. The highest BCUT2D eigenvalue weighted by Gasteiger charge is 2.23. The monoisotopic (exact) mass is 419 g/mol. The van der Waals surface area contributed by atoms with Crippen LogP contribution in [0.3, 0.4) is 0 Å². The lowest BCUT2D eigenvalue weighted by atomic mass is 9.99. The summed E-state index contributed by atoms with van der Waals surface area (Å²) in [7, 11) is 0. The van der Waals surface area contributed by atoms with Crippen LogP contribution in [0.2, 0.25) is 0 Å². The molecule has 1 aliphatic heterocycles. The molecule has 3 aromatic heterocycles. The summed E-state index contributed by atoms with van der Waals surface area (Å²) < 4.78 is 29.2. The van der Waals surface area contributed by atoms with Crippen molar-refractivity contribution >= 4 is 11.5 Å². The quantitative estimate of drug-likeness (QED) is 0.497. The Bertz CT molecular complexity index is 1400. The summed E-state index contributed by atoms with van der Waals surface area (Å²) in [5, 5.41) is 4.58. The molecule has 8 heteroatoms. The Balaban J connectivity index is 1.57. The van der Waals surface area contributed by atoms with E-state index in [4.69, 9.17) is 0 Å². The molecule has 0 unspecified atom stereocenters. The van der Waals surface area contributed by atoms with E-state index in [1.54, 1.807) is 6.20 Å². The molecule has 156 valence electrons. The van der Waals surface area contributed by atoms with Gasteiger partial charge in [-0.25, -0.2) is 13.8 Å². The minimum absolute atomic E-state index is 0.181. The number of pyridine rings is 1. The average Bonchev–Trinajstić information content (AvgIpc) is 2.77. The van der Waals surface area contributed by atoms with Crippen molar-refractivity contribution in [3.05, 3.63) is 87.1 Å². The van der Waals surface area contributed by atoms with E-state index in [0.717, 1.165) is 34.5 Å². The molecule has 6 nitrogen and oxygen atoms in total. The maximum atomic E-state index is 14.3. The Kier molecular flexibility index (Phi) is 4.50. The van der Waals surface area contributed by atoms with E-state index in [-0.39, 0.29) is 11.1 Å². The number of halogens is 2. The predicted molar refractivity (Wildman–Crippen MR) is 113 cm³/mol. The van der Waals surface area contributed by atoms with Crippen molar-refractivity contribution in [3.63, 3.8) is 0 Å². The van der Waals surface area contributed by atoms with Gasteiger partial charge in [0.2, 0.25) is 0 Å². The molecule has 0 saturated heterocycles. The van der Waals surface area contributed by atoms with Crippen molar-refractivity contribution < 1.29 is 8.78 Å². The van der Waals surface area contributed by atoms with E-state index >= 15 is 0 Å². The van der Waals surface area contributed by atoms with Crippen LogP contribution in [-0.2, 0) is 13.0 Å². The molecule has 0 atom stereocenters. The summed E-state index contributed by atoms with van der Waals surface area (Å²) in [6.07, 6.45) is 3.75. The molecule has 0 amide bonds. The van der Waals surface area contributed by atoms with Crippen LogP contribution in [0.1, 0.15) is 22.4 Å². The first-order valence-electron chi connectivity index (χ1n) is 9.96. The van der Waals surface area contributed by atoms with Crippen molar-refractivity contribution in [3.8, 4) is 11.1 Å². The second kappa shape index (κ2) is 7.23. The molecule has 4 aromatic rings. The van der Waals surface area contributed by atoms with Crippen molar-refractivity contribution in [2.75, 3.05) is 11.4 Å². The molecule has 0 bridgehead atoms. The molecule has 5 rings (SSSR count). The van der Waals surface area contributed by atoms with E-state index in [0.29, 0.717) is 36.5 Å². The second-order valence-corrected chi connectivity index (χ2v) is 7.72. The van der Waals surface area contributed by atoms with E-state index in [9.17, 15) is 13.6 Å². The SMILES string of the molecule is Cc1c(N2CCc3ncc(-c4cc(F)ccc4F)cc3C2)nn2c(=O)ccnc2c1C. The van der Waals surface area contributed by atoms with Gasteiger partial charge in [0.15, 0.2) is 11.5 Å². The average molecular weight is 419 g/mol. The van der Waals surface area contributed by atoms with E-state index in [1.165, 1.54) is 22.8 Å². The molecular formula is C23H19F2N5O. The smallest absolute Gasteiger partial charge is 0.274 e. The standard InChI is InChI=1S/C23H19F2N5O/c1-13-14(2)23(28-30-21(31)5-7-26-22(13)30)29-8-6-20-16(12-29)9-15(11-27-20)18-10-17(24)3-4-19(18)25/h3-5,7,9-11H,6,8,12H2,1-2H3. The van der Waals surface area contributed by atoms with Gasteiger partial charge in [-0.1, -0.05) is 0 Å². The largest absolute Gasteiger partial charge is 0.350 e. The van der Waals surface area contributed by atoms with Gasteiger partial charge >= 0.3 is 0 Å². The van der Waals surface area contributed by atoms with Crippen LogP contribution in [0.15, 0.2) is 47.5 Å². The third-order valence-corrected chi connectivity index (χ3v) is 5.83. The van der Waals surface area contributed by atoms with Crippen molar-refractivity contribution in [2.45, 2.75) is 26.8 Å². The summed E-state index contributed by atoms with van der Waals surface area (Å²) in [5.41, 5.74) is 4.69. The van der Waals surface area contributed by atoms with Gasteiger partial charge in [0.05, 0.1) is 0 Å². The number of fused-ring (bicyclic) bond motifs is 2. The first kappa shape index (κ1) is 19.3. The fraction of sp³-hybridized carbons (Fsp3) is 0.217. The van der Waals surface area contributed by atoms with Crippen LogP contribution in [0, 0.1) is 25.5 Å². The van der Waals surface area contributed by atoms with Crippen LogP contribution in [-0.4, -0.2) is 26.1 Å². The third-order valence-electron chi connectivity index (χ3n) is 5.83. The molecule has 0 saturated carbocycles. The van der Waals surface area contributed by atoms with Gasteiger partial charge in [-0.3, -0.25) is 9.78 Å². The number of benzene rings is 1. The minimum atomic E-state index is -0.499. The number of rotatable bonds is 2. The molecular weight excluding hydrogens is 400 g/mol. The molecule has 1 aliphatic rings. The zero-order valence-electron chi connectivity index (χ0n) is 17.1. The zero-order chi connectivity index (χ0) is 21.7. The number of anilines is 1. The van der Waals surface area contributed by atoms with E-state index in [2.05, 4.69) is 20.0 Å². The molecule has 31 heavy (non-hydrogen) atoms. The summed E-state index contributed by atoms with van der Waals surface area (Å²) in [6.45, 7) is 5.07. The van der Waals surface area contributed by atoms with Gasteiger partial charge in [-0.2, -0.15) is 4.52 Å². The number of hydrogen-bond acceptors (Lipinski definition) is 5. The molecule has 4 heterocycles. The fourth-order valence-corrected chi connectivity index (χ4v) is 4.03. The van der Waals surface area contributed by atoms with Gasteiger partial charge in [-0.15, -0.1) is 5.10 Å². The Hall–Kier alpha value is -3.68. The minimum Gasteiger partial charge on any atom is -0.350 e. The highest BCUT2D eigenvalue weighted by Crippen LogP contribution is 2.30. The number of aryl methyl sites for hydroxylation is 1. The van der Waals surface area contributed by atoms with Gasteiger partial charge in [0.25, 0.3) is 5.56 Å². The van der Waals surface area contributed by atoms with Crippen LogP contribution in [0.25, 0.3) is 16.8 Å². The maximum absolute atomic E-state index is 14.3. The number of hydrogen-bond donors (Lipinski definition) is 0. The number of nitrogens with zero attached hydrogens (tertiary/aromatic N) is 5. The van der Waals surface area contributed by atoms with Crippen LogP contribution >= 0.6 is 0 Å². The molecule has 0 fully saturated rings. The lowest BCUT2D eigenvalue weighted by molar-refractivity contribution is 0.603. The normalized spacial score (nSPS) is 13.5. The van der Waals surface area contributed by atoms with Crippen molar-refractivity contribution in [1.29, 1.82) is 0 Å². The lowest BCUT2D eigenvalue weighted by Crippen LogP contribution is -2.33. The van der Waals surface area contributed by atoms with Gasteiger partial charge in [-0.05, 0) is 43.7 Å². The van der Waals surface area contributed by atoms with Crippen LogP contribution < -0.4 is 10.5 Å². The fourth-order valence-electron chi connectivity index (χ4n) is 4.03. The number of aromatic nitrogens is 4. The van der Waals surface area contributed by atoms with Gasteiger partial charge < -0.3 is 4.90 Å². The second-order valence-electron chi connectivity index (χ2n) is 7.72. The van der Waals surface area contributed by atoms with Gasteiger partial charge in [0, 0.05) is 65.9 Å². The van der Waals surface area contributed by atoms with Crippen LogP contribution in [0.5, 0.6) is 0 Å². The molecule has 1 aromatic carbocycles. The van der Waals surface area contributed by atoms with E-state index < -0.39 is 11.6 Å². The zero-order valence-corrected chi connectivity index (χ0v) is 17.1. The molecule has 0 radical (unpaired) electrons. The summed E-state index contributed by atoms with van der Waals surface area (Å²) in [5.74, 6) is -0.292. The van der Waals surface area contributed by atoms with E-state index in [1.807, 2.05) is 19.9 Å². The third kappa shape index (κ3) is 3.24. The Labute approximate surface area is 176 Å². The summed E-state index contributed by atoms with van der Waals surface area (Å²) in [6, 6.07) is 6.63. The highest BCUT2D eigenvalue weighted by molar-refractivity contribution is 5.65. The highest BCUT2D eigenvalue weighted by atomic mass is 19.1. The first-order valence-corrected chi connectivity index (χ1v) is 9.96.